The average Bonchev–Trinajstić information content (AvgIpc) is 0.775. The molecule has 7 aliphatic heterocycles. The van der Waals surface area contributed by atoms with E-state index < -0.39 is 303 Å². The van der Waals surface area contributed by atoms with Crippen LogP contribution in [0.4, 0.5) is 0 Å². The molecular formula is C48H81N3O44S3. The number of aliphatic hydroxyl groups excluding tert-OH is 16. The van der Waals surface area contributed by atoms with Gasteiger partial charge in [0, 0.05) is 20.8 Å². The van der Waals surface area contributed by atoms with Gasteiger partial charge in [-0.15, -0.1) is 0 Å². The van der Waals surface area contributed by atoms with Gasteiger partial charge in [0.2, 0.25) is 17.7 Å². The van der Waals surface area contributed by atoms with Crippen LogP contribution >= 0.6 is 0 Å². The fraction of sp³-hybridized carbons (Fsp3) is 0.938. The number of hydrogen-bond acceptors (Lipinski definition) is 41. The molecule has 50 heteroatoms. The van der Waals surface area contributed by atoms with Gasteiger partial charge in [-0.1, -0.05) is 0 Å². The first kappa shape index (κ1) is 82.1. The molecule has 7 aliphatic rings. The van der Waals surface area contributed by atoms with Crippen molar-refractivity contribution in [3.8, 4) is 0 Å². The maximum atomic E-state index is 13.4. The number of ether oxygens (including phenoxy) is 13. The lowest BCUT2D eigenvalue weighted by atomic mass is 9.93. The number of carbonyl (C=O) groups excluding carboxylic acids is 3. The molecule has 0 aliphatic carbocycles. The third-order valence-corrected chi connectivity index (χ3v) is 17.6. The number of carbonyl (C=O) groups is 3. The Labute approximate surface area is 554 Å². The molecule has 35 atom stereocenters. The maximum absolute atomic E-state index is 13.4. The van der Waals surface area contributed by atoms with Crippen LogP contribution in [0.2, 0.25) is 0 Å². The zero-order valence-electron chi connectivity index (χ0n) is 51.4. The van der Waals surface area contributed by atoms with Crippen LogP contribution < -0.4 is 16.0 Å². The molecule has 3 amide bonds. The van der Waals surface area contributed by atoms with E-state index in [1.165, 1.54) is 0 Å². The molecule has 7 fully saturated rings. The minimum Gasteiger partial charge on any atom is -0.394 e. The van der Waals surface area contributed by atoms with Crippen LogP contribution in [-0.4, -0.2) is 393 Å². The highest BCUT2D eigenvalue weighted by Gasteiger charge is 2.60. The monoisotopic (exact) mass is 1500 g/mol. The van der Waals surface area contributed by atoms with Gasteiger partial charge in [0.05, 0.1) is 45.7 Å². The van der Waals surface area contributed by atoms with Gasteiger partial charge >= 0.3 is 31.2 Å². The quantitative estimate of drug-likeness (QED) is 0.0340. The average molecular weight is 1500 g/mol. The van der Waals surface area contributed by atoms with Crippen LogP contribution in [-0.2, 0) is 120 Å². The standard InChI is InChI=1S/C48H81N3O44S3/c1-11-24(58)31(65)32(66)46(83-11)92-38-23(51-14(4)57)45(89-20(10-82-98(77,78)79)37(38)91-48-35(69)40(27(61)17(7-54)86-48)94-43-21(49-12(2)55)29(63)25(59)18(87-43)8-80-96(71,72)73)95-41-28(62)16(6-53)85-47(34(41)68)90-36-19(9-81-97(74,75)76)88-44(22(30(36)64)50-13(3)56)93-39-26(60)15(5-52)84-42(70)33(39)67/h11,15-48,52-54,58-70H,5-10H2,1-4H3,(H,49,55)(H,50,56)(H,51,57)(H,71,72,73)(H,74,75,76)(H,77,78,79)/t11-,15+,16+,17+,18+,19+,20+,21+,22+,23+,24+,25+,26-,27-,28-,29+,30+,31+,32-,33+,34+,35+,36+,37+,38+,39-,40-,41-,42?,43-,44-,45-,46-,47-,48-/m0/s1. The fourth-order valence-electron chi connectivity index (χ4n) is 11.6. The lowest BCUT2D eigenvalue weighted by Gasteiger charge is -2.52. The number of hydrogen-bond donors (Lipinski definition) is 22. The summed E-state index contributed by atoms with van der Waals surface area (Å²) in [6.45, 7) is -4.00. The number of rotatable bonds is 27. The molecule has 570 valence electrons. The normalized spacial score (nSPS) is 45.3. The summed E-state index contributed by atoms with van der Waals surface area (Å²) >= 11 is 0. The Morgan fingerprint density at radius 2 is 0.653 bits per heavy atom. The Bertz CT molecular complexity index is 2970. The fourth-order valence-corrected chi connectivity index (χ4v) is 12.5. The second-order valence-corrected chi connectivity index (χ2v) is 26.6. The third-order valence-electron chi connectivity index (χ3n) is 16.3. The van der Waals surface area contributed by atoms with Crippen LogP contribution in [0, 0.1) is 0 Å². The topological polar surface area (TPSA) is 722 Å². The molecule has 0 radical (unpaired) electrons. The maximum Gasteiger partial charge on any atom is 0.397 e. The Morgan fingerprint density at radius 1 is 0.327 bits per heavy atom. The van der Waals surface area contributed by atoms with Crippen molar-refractivity contribution in [3.05, 3.63) is 0 Å². The molecule has 0 saturated carbocycles. The van der Waals surface area contributed by atoms with Crippen molar-refractivity contribution >= 4 is 48.9 Å². The molecule has 0 spiro atoms. The third kappa shape index (κ3) is 20.2. The van der Waals surface area contributed by atoms with E-state index in [4.69, 9.17) is 61.6 Å². The predicted octanol–water partition coefficient (Wildman–Crippen LogP) is -15.3. The first-order valence-electron chi connectivity index (χ1n) is 29.4. The molecular weight excluding hydrogens is 1420 g/mol. The summed E-state index contributed by atoms with van der Waals surface area (Å²) in [7, 11) is -16.4. The molecule has 47 nitrogen and oxygen atoms in total. The Hall–Kier alpha value is -3.14. The number of nitrogens with one attached hydrogen (secondary N) is 3. The Kier molecular flexibility index (Phi) is 28.7. The molecule has 7 saturated heterocycles. The molecule has 0 aromatic carbocycles. The first-order chi connectivity index (χ1) is 45.6. The second kappa shape index (κ2) is 34.2. The van der Waals surface area contributed by atoms with Crippen LogP contribution in [0.1, 0.15) is 27.7 Å². The summed E-state index contributed by atoms with van der Waals surface area (Å²) in [5.41, 5.74) is 0. The van der Waals surface area contributed by atoms with Gasteiger partial charge in [-0.05, 0) is 6.92 Å². The van der Waals surface area contributed by atoms with E-state index in [-0.39, 0.29) is 0 Å². The molecule has 0 bridgehead atoms. The molecule has 0 aromatic heterocycles. The van der Waals surface area contributed by atoms with E-state index in [1.54, 1.807) is 0 Å². The van der Waals surface area contributed by atoms with Crippen LogP contribution in [0.3, 0.4) is 0 Å². The SMILES string of the molecule is CC(=O)N[C@H]1[C@H](O[C@H]2[C@@H](O)[C@@H](CO)OC(O)[C@@H]2O)O[C@H](COS(=O)(=O)O)[C@@H](O[C@@H]2O[C@H](CO)[C@H](O)[C@H](O[C@@H]3O[C@H](COS(=O)(=O)O)[C@@H](O[C@@H]4O[C@H](CO)[C@H](O)[C@H](O[C@@H]5O[C@H](COS(=O)(=O)O)[C@@H](O)[C@H](O)[C@H]5NC(C)=O)[C@H]4O)[C@H](O[C@@H]4O[C@@H](C)[C@@H](O)[C@@H](O)[C@@H]4O)[C@H]3NC(C)=O)[C@H]2O)[C@@H]1O. The van der Waals surface area contributed by atoms with Crippen molar-refractivity contribution in [1.82, 2.24) is 16.0 Å². The highest BCUT2D eigenvalue weighted by atomic mass is 32.3. The molecule has 7 rings (SSSR count). The lowest BCUT2D eigenvalue weighted by Crippen LogP contribution is -2.72. The van der Waals surface area contributed by atoms with Gasteiger partial charge in [0.1, 0.15) is 165 Å². The van der Waals surface area contributed by atoms with E-state index in [0.717, 1.165) is 27.7 Å². The van der Waals surface area contributed by atoms with Crippen molar-refractivity contribution in [1.29, 1.82) is 0 Å². The predicted molar refractivity (Wildman–Crippen MR) is 296 cm³/mol. The molecule has 7 heterocycles. The van der Waals surface area contributed by atoms with Gasteiger partial charge in [-0.3, -0.25) is 28.0 Å². The van der Waals surface area contributed by atoms with Crippen molar-refractivity contribution in [2.75, 3.05) is 39.6 Å². The molecule has 0 aromatic rings. The Balaban J connectivity index is 1.28. The highest BCUT2D eigenvalue weighted by molar-refractivity contribution is 7.81. The second-order valence-electron chi connectivity index (χ2n) is 23.3. The van der Waals surface area contributed by atoms with Gasteiger partial charge < -0.3 is 159 Å². The minimum absolute atomic E-state index is 0.822. The van der Waals surface area contributed by atoms with Gasteiger partial charge in [0.15, 0.2) is 44.0 Å². The summed E-state index contributed by atoms with van der Waals surface area (Å²) in [4.78, 5) is 38.5. The lowest BCUT2D eigenvalue weighted by molar-refractivity contribution is -0.395. The Morgan fingerprint density at radius 3 is 1.08 bits per heavy atom. The summed E-state index contributed by atoms with van der Waals surface area (Å²) in [6, 6.07) is -6.15. The van der Waals surface area contributed by atoms with E-state index in [2.05, 4.69) is 28.5 Å². The van der Waals surface area contributed by atoms with Crippen LogP contribution in [0.15, 0.2) is 0 Å². The smallest absolute Gasteiger partial charge is 0.394 e. The van der Waals surface area contributed by atoms with Crippen molar-refractivity contribution in [3.63, 3.8) is 0 Å². The number of aliphatic hydroxyl groups is 16. The summed E-state index contributed by atoms with van der Waals surface area (Å²) < 4.78 is 190. The molecule has 98 heavy (non-hydrogen) atoms. The number of amides is 3. The van der Waals surface area contributed by atoms with E-state index >= 15 is 0 Å². The zero-order valence-corrected chi connectivity index (χ0v) is 53.8. The largest absolute Gasteiger partial charge is 0.397 e. The summed E-state index contributed by atoms with van der Waals surface area (Å²) in [5, 5.41) is 184. The minimum atomic E-state index is -5.65. The van der Waals surface area contributed by atoms with Crippen LogP contribution in [0.25, 0.3) is 0 Å². The summed E-state index contributed by atoms with van der Waals surface area (Å²) in [5.74, 6) is -3.09. The van der Waals surface area contributed by atoms with E-state index in [9.17, 15) is 135 Å². The van der Waals surface area contributed by atoms with Crippen LogP contribution in [0.5, 0.6) is 0 Å². The molecule has 1 unspecified atom stereocenters. The van der Waals surface area contributed by atoms with Gasteiger partial charge in [0.25, 0.3) is 0 Å². The summed E-state index contributed by atoms with van der Waals surface area (Å²) in [6.07, 6.45) is -70.9. The first-order valence-corrected chi connectivity index (χ1v) is 33.5. The zero-order chi connectivity index (χ0) is 73.1. The van der Waals surface area contributed by atoms with Crippen molar-refractivity contribution in [2.24, 2.45) is 0 Å². The van der Waals surface area contributed by atoms with E-state index in [0.29, 0.717) is 0 Å². The molecule has 22 N–H and O–H groups in total. The van der Waals surface area contributed by atoms with E-state index in [1.807, 2.05) is 0 Å². The highest BCUT2D eigenvalue weighted by Crippen LogP contribution is 2.39. The van der Waals surface area contributed by atoms with Gasteiger partial charge in [-0.2, -0.15) is 25.3 Å². The van der Waals surface area contributed by atoms with Crippen molar-refractivity contribution < 1.29 is 209 Å². The van der Waals surface area contributed by atoms with Crippen molar-refractivity contribution in [2.45, 2.75) is 242 Å². The van der Waals surface area contributed by atoms with Gasteiger partial charge in [-0.25, -0.2) is 12.5 Å².